The highest BCUT2D eigenvalue weighted by Crippen LogP contribution is 2.39. The van der Waals surface area contributed by atoms with Gasteiger partial charge in [-0.1, -0.05) is 41.9 Å². The molecule has 198 valence electrons. The topological polar surface area (TPSA) is 82.9 Å². The molecule has 2 aromatic carbocycles. The predicted molar refractivity (Wildman–Crippen MR) is 148 cm³/mol. The van der Waals surface area contributed by atoms with Crippen LogP contribution in [0.15, 0.2) is 66.9 Å². The summed E-state index contributed by atoms with van der Waals surface area (Å²) in [4.78, 5) is 18.9. The molecule has 6 nitrogen and oxygen atoms in total. The Morgan fingerprint density at radius 1 is 1.13 bits per heavy atom. The van der Waals surface area contributed by atoms with E-state index in [0.29, 0.717) is 24.5 Å². The summed E-state index contributed by atoms with van der Waals surface area (Å²) in [5.41, 5.74) is 3.56. The second-order valence-electron chi connectivity index (χ2n) is 10.7. The average molecular weight is 533 g/mol. The Morgan fingerprint density at radius 3 is 2.58 bits per heavy atom. The first-order valence-electron chi connectivity index (χ1n) is 13.0. The number of aromatic nitrogens is 1. The third kappa shape index (κ3) is 5.21. The SMILES string of the molecule is CC(C)(C(=O)O)c1ccc2c(c1)/C(=C/CCN1CCC(O)(c3ccc(Cl)cc3)CC1)c1cccnc1CO2. The van der Waals surface area contributed by atoms with Crippen molar-refractivity contribution < 1.29 is 19.7 Å². The molecule has 0 unspecified atom stereocenters. The van der Waals surface area contributed by atoms with Crippen LogP contribution in [0.4, 0.5) is 0 Å². The number of carboxylic acid groups (broad SMARTS) is 1. The van der Waals surface area contributed by atoms with Crippen LogP contribution in [0.2, 0.25) is 5.02 Å². The lowest BCUT2D eigenvalue weighted by molar-refractivity contribution is -0.142. The third-order valence-corrected chi connectivity index (χ3v) is 8.18. The number of fused-ring (bicyclic) bond motifs is 2. The van der Waals surface area contributed by atoms with Gasteiger partial charge in [-0.25, -0.2) is 0 Å². The standard InChI is InChI=1S/C31H33ClN2O4/c1-30(2,29(35)36)22-9-12-28-26(19-22)24(25-5-3-15-33-27(25)20-38-28)6-4-16-34-17-13-31(37,14-18-34)21-7-10-23(32)11-8-21/h3,5-12,15,19,37H,4,13-14,16-18,20H2,1-2H3,(H,35,36)/b24-6+. The molecule has 3 heterocycles. The molecule has 2 aliphatic heterocycles. The smallest absolute Gasteiger partial charge is 0.313 e. The van der Waals surface area contributed by atoms with Gasteiger partial charge in [-0.05, 0) is 80.1 Å². The second kappa shape index (κ2) is 10.5. The van der Waals surface area contributed by atoms with Gasteiger partial charge in [0.1, 0.15) is 12.4 Å². The number of benzene rings is 2. The number of halogens is 1. The lowest BCUT2D eigenvalue weighted by Crippen LogP contribution is -2.42. The maximum Gasteiger partial charge on any atom is 0.313 e. The van der Waals surface area contributed by atoms with E-state index in [2.05, 4.69) is 22.0 Å². The van der Waals surface area contributed by atoms with Crippen LogP contribution in [0.1, 0.15) is 61.1 Å². The Hall–Kier alpha value is -3.19. The first-order chi connectivity index (χ1) is 18.2. The number of ether oxygens (including phenoxy) is 1. The van der Waals surface area contributed by atoms with Crippen LogP contribution in [0.25, 0.3) is 5.57 Å². The van der Waals surface area contributed by atoms with Gasteiger partial charge in [0, 0.05) is 42.0 Å². The van der Waals surface area contributed by atoms with Crippen LogP contribution < -0.4 is 4.74 Å². The second-order valence-corrected chi connectivity index (χ2v) is 11.2. The summed E-state index contributed by atoms with van der Waals surface area (Å²) in [5, 5.41) is 21.7. The average Bonchev–Trinajstić information content (AvgIpc) is 3.07. The van der Waals surface area contributed by atoms with Crippen molar-refractivity contribution in [1.82, 2.24) is 9.88 Å². The number of carbonyl (C=O) groups is 1. The third-order valence-electron chi connectivity index (χ3n) is 7.93. The number of rotatable bonds is 6. The number of nitrogens with zero attached hydrogens (tertiary/aromatic N) is 2. The fourth-order valence-corrected chi connectivity index (χ4v) is 5.40. The fraction of sp³-hybridized carbons (Fsp3) is 0.355. The molecular formula is C31H33ClN2O4. The normalized spacial score (nSPS) is 18.3. The Kier molecular flexibility index (Phi) is 7.32. The van der Waals surface area contributed by atoms with Crippen molar-refractivity contribution in [3.63, 3.8) is 0 Å². The van der Waals surface area contributed by atoms with Crippen LogP contribution >= 0.6 is 11.6 Å². The molecular weight excluding hydrogens is 500 g/mol. The van der Waals surface area contributed by atoms with Gasteiger partial charge in [0.15, 0.2) is 0 Å². The predicted octanol–water partition coefficient (Wildman–Crippen LogP) is 5.80. The van der Waals surface area contributed by atoms with Crippen LogP contribution in [0.5, 0.6) is 5.75 Å². The monoisotopic (exact) mass is 532 g/mol. The molecule has 1 saturated heterocycles. The van der Waals surface area contributed by atoms with E-state index in [1.54, 1.807) is 20.0 Å². The van der Waals surface area contributed by atoms with E-state index in [0.717, 1.165) is 65.3 Å². The minimum atomic E-state index is -1.03. The van der Waals surface area contributed by atoms with E-state index in [1.165, 1.54) is 0 Å². The van der Waals surface area contributed by atoms with E-state index in [-0.39, 0.29) is 0 Å². The molecule has 2 N–H and O–H groups in total. The maximum atomic E-state index is 12.0. The molecule has 0 bridgehead atoms. The summed E-state index contributed by atoms with van der Waals surface area (Å²) >= 11 is 6.03. The van der Waals surface area contributed by atoms with Gasteiger partial charge >= 0.3 is 5.97 Å². The first kappa shape index (κ1) is 26.4. The quantitative estimate of drug-likeness (QED) is 0.418. The van der Waals surface area contributed by atoms with E-state index in [4.69, 9.17) is 16.3 Å². The van der Waals surface area contributed by atoms with Crippen molar-refractivity contribution in [3.05, 3.63) is 99.8 Å². The number of hydrogen-bond donors (Lipinski definition) is 2. The van der Waals surface area contributed by atoms with Gasteiger partial charge in [0.2, 0.25) is 0 Å². The lowest BCUT2D eigenvalue weighted by Gasteiger charge is -2.38. The molecule has 5 rings (SSSR count). The number of pyridine rings is 1. The van der Waals surface area contributed by atoms with Gasteiger partial charge < -0.3 is 19.8 Å². The highest BCUT2D eigenvalue weighted by atomic mass is 35.5. The highest BCUT2D eigenvalue weighted by Gasteiger charge is 2.34. The van der Waals surface area contributed by atoms with Crippen molar-refractivity contribution in [2.75, 3.05) is 19.6 Å². The summed E-state index contributed by atoms with van der Waals surface area (Å²) in [7, 11) is 0. The minimum Gasteiger partial charge on any atom is -0.487 e. The highest BCUT2D eigenvalue weighted by molar-refractivity contribution is 6.30. The first-order valence-corrected chi connectivity index (χ1v) is 13.4. The number of hydrogen-bond acceptors (Lipinski definition) is 5. The molecule has 0 radical (unpaired) electrons. The summed E-state index contributed by atoms with van der Waals surface area (Å²) in [6.45, 7) is 6.25. The number of likely N-dealkylation sites (tertiary alicyclic amines) is 1. The molecule has 7 heteroatoms. The zero-order chi connectivity index (χ0) is 26.9. The number of aliphatic hydroxyl groups is 1. The Balaban J connectivity index is 1.37. The lowest BCUT2D eigenvalue weighted by atomic mass is 9.82. The summed E-state index contributed by atoms with van der Waals surface area (Å²) in [5.74, 6) is -0.145. The molecule has 0 atom stereocenters. The van der Waals surface area contributed by atoms with Gasteiger partial charge in [-0.3, -0.25) is 9.78 Å². The number of piperidine rings is 1. The van der Waals surface area contributed by atoms with Gasteiger partial charge in [0.05, 0.1) is 16.7 Å². The van der Waals surface area contributed by atoms with Gasteiger partial charge in [-0.15, -0.1) is 0 Å². The summed E-state index contributed by atoms with van der Waals surface area (Å²) < 4.78 is 6.10. The van der Waals surface area contributed by atoms with Crippen molar-refractivity contribution in [1.29, 1.82) is 0 Å². The zero-order valence-corrected chi connectivity index (χ0v) is 22.5. The molecule has 0 aliphatic carbocycles. The Labute approximate surface area is 228 Å². The Morgan fingerprint density at radius 2 is 1.87 bits per heavy atom. The van der Waals surface area contributed by atoms with Crippen molar-refractivity contribution in [2.45, 2.75) is 50.7 Å². The van der Waals surface area contributed by atoms with Crippen LogP contribution in [-0.2, 0) is 22.4 Å². The molecule has 3 aromatic rings. The Bertz CT molecular complexity index is 1360. The van der Waals surface area contributed by atoms with E-state index in [9.17, 15) is 15.0 Å². The molecule has 0 spiro atoms. The van der Waals surface area contributed by atoms with Crippen molar-refractivity contribution in [3.8, 4) is 5.75 Å². The number of carboxylic acids is 1. The van der Waals surface area contributed by atoms with Crippen LogP contribution in [0, 0.1) is 0 Å². The van der Waals surface area contributed by atoms with Crippen LogP contribution in [-0.4, -0.2) is 45.7 Å². The van der Waals surface area contributed by atoms with Crippen molar-refractivity contribution >= 4 is 23.1 Å². The van der Waals surface area contributed by atoms with E-state index in [1.807, 2.05) is 48.5 Å². The van der Waals surface area contributed by atoms with E-state index < -0.39 is 17.0 Å². The summed E-state index contributed by atoms with van der Waals surface area (Å²) in [6.07, 6.45) is 6.12. The van der Waals surface area contributed by atoms with Gasteiger partial charge in [-0.2, -0.15) is 0 Å². The molecule has 1 aromatic heterocycles. The molecule has 0 amide bonds. The molecule has 0 saturated carbocycles. The van der Waals surface area contributed by atoms with Crippen LogP contribution in [0.3, 0.4) is 0 Å². The molecule has 1 fully saturated rings. The van der Waals surface area contributed by atoms with Gasteiger partial charge in [0.25, 0.3) is 0 Å². The zero-order valence-electron chi connectivity index (χ0n) is 21.8. The summed E-state index contributed by atoms with van der Waals surface area (Å²) in [6, 6.07) is 17.1. The number of aliphatic carboxylic acids is 1. The van der Waals surface area contributed by atoms with E-state index >= 15 is 0 Å². The minimum absolute atomic E-state index is 0.359. The largest absolute Gasteiger partial charge is 0.487 e. The maximum absolute atomic E-state index is 12.0. The fourth-order valence-electron chi connectivity index (χ4n) is 5.27. The molecule has 38 heavy (non-hydrogen) atoms. The molecule has 2 aliphatic rings. The van der Waals surface area contributed by atoms with Crippen molar-refractivity contribution in [2.24, 2.45) is 0 Å².